The molecule has 0 aliphatic carbocycles. The first-order chi connectivity index (χ1) is 12.3. The SMILES string of the molecule is Cc1ccc(CNc2nccc(N3CCCc4ccccc43)n2)cc1. The molecule has 2 aromatic carbocycles. The van der Waals surface area contributed by atoms with Gasteiger partial charge in [-0.1, -0.05) is 48.0 Å². The molecule has 4 heteroatoms. The fourth-order valence-corrected chi connectivity index (χ4v) is 3.24. The average Bonchev–Trinajstić information content (AvgIpc) is 2.67. The largest absolute Gasteiger partial charge is 0.350 e. The summed E-state index contributed by atoms with van der Waals surface area (Å²) in [5, 5.41) is 3.33. The molecule has 4 rings (SSSR count). The molecule has 0 radical (unpaired) electrons. The van der Waals surface area contributed by atoms with E-state index in [0.717, 1.165) is 31.7 Å². The van der Waals surface area contributed by atoms with Gasteiger partial charge in [0.2, 0.25) is 5.95 Å². The molecule has 0 bridgehead atoms. The van der Waals surface area contributed by atoms with Gasteiger partial charge in [-0.25, -0.2) is 4.98 Å². The number of hydrogen-bond donors (Lipinski definition) is 1. The smallest absolute Gasteiger partial charge is 0.224 e. The van der Waals surface area contributed by atoms with E-state index in [0.29, 0.717) is 5.95 Å². The van der Waals surface area contributed by atoms with Crippen molar-refractivity contribution in [1.82, 2.24) is 9.97 Å². The quantitative estimate of drug-likeness (QED) is 0.766. The van der Waals surface area contributed by atoms with Crippen molar-refractivity contribution < 1.29 is 0 Å². The second-order valence-corrected chi connectivity index (χ2v) is 6.46. The zero-order valence-electron chi connectivity index (χ0n) is 14.4. The number of nitrogens with zero attached hydrogens (tertiary/aromatic N) is 3. The van der Waals surface area contributed by atoms with Crippen molar-refractivity contribution in [3.05, 3.63) is 77.5 Å². The Hall–Kier alpha value is -2.88. The summed E-state index contributed by atoms with van der Waals surface area (Å²) in [7, 11) is 0. The lowest BCUT2D eigenvalue weighted by molar-refractivity contribution is 0.758. The van der Waals surface area contributed by atoms with Gasteiger partial charge in [0.15, 0.2) is 0 Å². The first kappa shape index (κ1) is 15.6. The van der Waals surface area contributed by atoms with E-state index >= 15 is 0 Å². The molecule has 1 aromatic heterocycles. The third-order valence-corrected chi connectivity index (χ3v) is 4.60. The molecule has 0 fully saturated rings. The van der Waals surface area contributed by atoms with Crippen molar-refractivity contribution in [3.8, 4) is 0 Å². The Morgan fingerprint density at radius 1 is 1.04 bits per heavy atom. The molecule has 25 heavy (non-hydrogen) atoms. The van der Waals surface area contributed by atoms with Crippen LogP contribution in [0.15, 0.2) is 60.8 Å². The van der Waals surface area contributed by atoms with Gasteiger partial charge >= 0.3 is 0 Å². The van der Waals surface area contributed by atoms with E-state index in [9.17, 15) is 0 Å². The number of rotatable bonds is 4. The number of nitrogens with one attached hydrogen (secondary N) is 1. The van der Waals surface area contributed by atoms with Crippen LogP contribution in [0.4, 0.5) is 17.5 Å². The highest BCUT2D eigenvalue weighted by Gasteiger charge is 2.18. The van der Waals surface area contributed by atoms with E-state index < -0.39 is 0 Å². The van der Waals surface area contributed by atoms with Gasteiger partial charge in [-0.15, -0.1) is 0 Å². The minimum atomic E-state index is 0.668. The maximum absolute atomic E-state index is 4.73. The molecule has 1 N–H and O–H groups in total. The predicted molar refractivity (Wildman–Crippen MR) is 102 cm³/mol. The monoisotopic (exact) mass is 330 g/mol. The Morgan fingerprint density at radius 3 is 2.76 bits per heavy atom. The second kappa shape index (κ2) is 6.93. The Morgan fingerprint density at radius 2 is 1.88 bits per heavy atom. The summed E-state index contributed by atoms with van der Waals surface area (Å²) in [4.78, 5) is 11.4. The van der Waals surface area contributed by atoms with Crippen LogP contribution < -0.4 is 10.2 Å². The van der Waals surface area contributed by atoms with E-state index in [1.165, 1.54) is 22.4 Å². The van der Waals surface area contributed by atoms with Crippen LogP contribution in [-0.4, -0.2) is 16.5 Å². The number of hydrogen-bond acceptors (Lipinski definition) is 4. The molecular weight excluding hydrogens is 308 g/mol. The third-order valence-electron chi connectivity index (χ3n) is 4.60. The lowest BCUT2D eigenvalue weighted by Gasteiger charge is -2.30. The van der Waals surface area contributed by atoms with Gasteiger partial charge in [0.1, 0.15) is 5.82 Å². The molecule has 0 unspecified atom stereocenters. The molecule has 4 nitrogen and oxygen atoms in total. The minimum absolute atomic E-state index is 0.668. The highest BCUT2D eigenvalue weighted by molar-refractivity contribution is 5.65. The summed E-state index contributed by atoms with van der Waals surface area (Å²) < 4.78 is 0. The van der Waals surface area contributed by atoms with E-state index in [1.807, 2.05) is 12.3 Å². The van der Waals surface area contributed by atoms with Crippen LogP contribution in [0.25, 0.3) is 0 Å². The van der Waals surface area contributed by atoms with E-state index in [-0.39, 0.29) is 0 Å². The van der Waals surface area contributed by atoms with Crippen LogP contribution in [0.1, 0.15) is 23.1 Å². The summed E-state index contributed by atoms with van der Waals surface area (Å²) in [6.07, 6.45) is 4.11. The lowest BCUT2D eigenvalue weighted by Crippen LogP contribution is -2.25. The van der Waals surface area contributed by atoms with Crippen molar-refractivity contribution in [2.75, 3.05) is 16.8 Å². The standard InChI is InChI=1S/C21H22N4/c1-16-8-10-17(11-9-16)15-23-21-22-13-12-20(24-21)25-14-4-6-18-5-2-3-7-19(18)25/h2-3,5,7-13H,4,6,14-15H2,1H3,(H,22,23,24). The van der Waals surface area contributed by atoms with Gasteiger partial charge in [0.05, 0.1) is 0 Å². The molecule has 1 aliphatic rings. The summed E-state index contributed by atoms with van der Waals surface area (Å²) in [5.74, 6) is 1.62. The molecule has 0 spiro atoms. The molecule has 126 valence electrons. The minimum Gasteiger partial charge on any atom is -0.350 e. The molecule has 0 saturated heterocycles. The van der Waals surface area contributed by atoms with Crippen molar-refractivity contribution in [2.24, 2.45) is 0 Å². The number of benzene rings is 2. The fraction of sp³-hybridized carbons (Fsp3) is 0.238. The number of fused-ring (bicyclic) bond motifs is 1. The zero-order valence-corrected chi connectivity index (χ0v) is 14.4. The second-order valence-electron chi connectivity index (χ2n) is 6.46. The fourth-order valence-electron chi connectivity index (χ4n) is 3.24. The first-order valence-corrected chi connectivity index (χ1v) is 8.77. The number of para-hydroxylation sites is 1. The van der Waals surface area contributed by atoms with Crippen molar-refractivity contribution in [1.29, 1.82) is 0 Å². The van der Waals surface area contributed by atoms with Gasteiger partial charge in [-0.3, -0.25) is 0 Å². The number of anilines is 3. The molecule has 0 atom stereocenters. The van der Waals surface area contributed by atoms with Crippen molar-refractivity contribution in [2.45, 2.75) is 26.3 Å². The number of aryl methyl sites for hydroxylation is 2. The van der Waals surface area contributed by atoms with Crippen LogP contribution in [0.2, 0.25) is 0 Å². The molecule has 0 amide bonds. The molecule has 2 heterocycles. The van der Waals surface area contributed by atoms with Crippen molar-refractivity contribution in [3.63, 3.8) is 0 Å². The summed E-state index contributed by atoms with van der Waals surface area (Å²) in [6.45, 7) is 3.81. The molecule has 3 aromatic rings. The summed E-state index contributed by atoms with van der Waals surface area (Å²) >= 11 is 0. The van der Waals surface area contributed by atoms with Gasteiger partial charge < -0.3 is 10.2 Å². The molecule has 1 aliphatic heterocycles. The first-order valence-electron chi connectivity index (χ1n) is 8.77. The maximum Gasteiger partial charge on any atom is 0.224 e. The van der Waals surface area contributed by atoms with Gasteiger partial charge in [-0.05, 0) is 43.0 Å². The Balaban J connectivity index is 1.53. The lowest BCUT2D eigenvalue weighted by atomic mass is 10.0. The summed E-state index contributed by atoms with van der Waals surface area (Å²) in [6, 6.07) is 19.1. The normalized spacial score (nSPS) is 13.4. The Labute approximate surface area is 148 Å². The van der Waals surface area contributed by atoms with Gasteiger partial charge in [0, 0.05) is 25.0 Å². The highest BCUT2D eigenvalue weighted by Crippen LogP contribution is 2.32. The topological polar surface area (TPSA) is 41.1 Å². The van der Waals surface area contributed by atoms with Crippen molar-refractivity contribution >= 4 is 17.5 Å². The predicted octanol–water partition coefficient (Wildman–Crippen LogP) is 4.48. The average molecular weight is 330 g/mol. The number of aromatic nitrogens is 2. The zero-order chi connectivity index (χ0) is 17.1. The van der Waals surface area contributed by atoms with Crippen LogP contribution in [-0.2, 0) is 13.0 Å². The van der Waals surface area contributed by atoms with E-state index in [2.05, 4.69) is 70.7 Å². The van der Waals surface area contributed by atoms with Crippen LogP contribution in [0.3, 0.4) is 0 Å². The maximum atomic E-state index is 4.73. The molecule has 0 saturated carbocycles. The summed E-state index contributed by atoms with van der Waals surface area (Å²) in [5.41, 5.74) is 5.15. The van der Waals surface area contributed by atoms with Gasteiger partial charge in [0.25, 0.3) is 0 Å². The third kappa shape index (κ3) is 3.48. The van der Waals surface area contributed by atoms with Crippen LogP contribution in [0.5, 0.6) is 0 Å². The Kier molecular flexibility index (Phi) is 4.34. The Bertz CT molecular complexity index is 858. The van der Waals surface area contributed by atoms with E-state index in [1.54, 1.807) is 0 Å². The molecular formula is C21H22N4. The van der Waals surface area contributed by atoms with E-state index in [4.69, 9.17) is 4.98 Å². The van der Waals surface area contributed by atoms with Crippen LogP contribution in [0, 0.1) is 6.92 Å². The van der Waals surface area contributed by atoms with Gasteiger partial charge in [-0.2, -0.15) is 4.98 Å². The van der Waals surface area contributed by atoms with Crippen LogP contribution >= 0.6 is 0 Å². The highest BCUT2D eigenvalue weighted by atomic mass is 15.2.